The third-order valence-electron chi connectivity index (χ3n) is 3.15. The lowest BCUT2D eigenvalue weighted by molar-refractivity contribution is 0.410. The van der Waals surface area contributed by atoms with E-state index in [0.717, 1.165) is 34.4 Å². The van der Waals surface area contributed by atoms with Crippen molar-refractivity contribution in [1.29, 1.82) is 0 Å². The highest BCUT2D eigenvalue weighted by Crippen LogP contribution is 2.22. The normalized spacial score (nSPS) is 10.2. The van der Waals surface area contributed by atoms with Crippen molar-refractivity contribution >= 4 is 38.8 Å². The van der Waals surface area contributed by atoms with Gasteiger partial charge in [-0.05, 0) is 36.2 Å². The molecule has 3 nitrogen and oxygen atoms in total. The Balaban J connectivity index is 2.05. The van der Waals surface area contributed by atoms with Crippen molar-refractivity contribution in [2.75, 3.05) is 19.0 Å². The molecule has 0 heterocycles. The Labute approximate surface area is 138 Å². The van der Waals surface area contributed by atoms with Gasteiger partial charge in [0.05, 0.1) is 7.11 Å². The van der Waals surface area contributed by atoms with E-state index in [2.05, 4.69) is 27.3 Å². The molecule has 5 heteroatoms. The van der Waals surface area contributed by atoms with Crippen LogP contribution in [0.25, 0.3) is 0 Å². The van der Waals surface area contributed by atoms with Gasteiger partial charge in [-0.3, -0.25) is 0 Å². The van der Waals surface area contributed by atoms with Crippen molar-refractivity contribution in [1.82, 2.24) is 0 Å². The number of halogens is 1. The molecule has 0 radical (unpaired) electrons. The second-order valence-electron chi connectivity index (χ2n) is 4.54. The third kappa shape index (κ3) is 4.19. The molecule has 2 aromatic carbocycles. The molecular weight excluding hydrogens is 348 g/mol. The Morgan fingerprint density at radius 3 is 2.76 bits per heavy atom. The number of methoxy groups -OCH3 is 1. The number of hydrogen-bond acceptors (Lipinski definition) is 3. The predicted molar refractivity (Wildman–Crippen MR) is 95.2 cm³/mol. The molecule has 0 aromatic heterocycles. The number of benzene rings is 2. The molecule has 110 valence electrons. The number of anilines is 1. The van der Waals surface area contributed by atoms with Crippen molar-refractivity contribution in [3.63, 3.8) is 0 Å². The van der Waals surface area contributed by atoms with E-state index in [0.29, 0.717) is 4.99 Å². The van der Waals surface area contributed by atoms with Gasteiger partial charge in [0.25, 0.3) is 0 Å². The van der Waals surface area contributed by atoms with Gasteiger partial charge >= 0.3 is 0 Å². The zero-order valence-electron chi connectivity index (χ0n) is 11.7. The molecule has 2 rings (SSSR count). The highest BCUT2D eigenvalue weighted by Gasteiger charge is 2.06. The molecule has 0 atom stereocenters. The van der Waals surface area contributed by atoms with Crippen LogP contribution in [0, 0.1) is 0 Å². The van der Waals surface area contributed by atoms with Gasteiger partial charge in [-0.25, -0.2) is 0 Å². The van der Waals surface area contributed by atoms with Gasteiger partial charge in [0.2, 0.25) is 0 Å². The Morgan fingerprint density at radius 1 is 1.29 bits per heavy atom. The summed E-state index contributed by atoms with van der Waals surface area (Å²) in [6.45, 7) is 0.775. The fourth-order valence-electron chi connectivity index (χ4n) is 2.12. The van der Waals surface area contributed by atoms with Crippen molar-refractivity contribution in [2.45, 2.75) is 6.42 Å². The van der Waals surface area contributed by atoms with Crippen LogP contribution in [0.15, 0.2) is 46.9 Å². The van der Waals surface area contributed by atoms with Crippen molar-refractivity contribution in [3.8, 4) is 5.75 Å². The van der Waals surface area contributed by atoms with Gasteiger partial charge in [0.15, 0.2) is 0 Å². The molecular formula is C16H17BrN2OS. The average molecular weight is 365 g/mol. The summed E-state index contributed by atoms with van der Waals surface area (Å²) in [7, 11) is 1.69. The van der Waals surface area contributed by atoms with Crippen LogP contribution in [0.1, 0.15) is 11.1 Å². The molecule has 0 saturated heterocycles. The molecule has 21 heavy (non-hydrogen) atoms. The zero-order valence-corrected chi connectivity index (χ0v) is 14.1. The molecule has 0 fully saturated rings. The molecule has 0 aliphatic heterocycles. The van der Waals surface area contributed by atoms with E-state index in [4.69, 9.17) is 22.7 Å². The first-order chi connectivity index (χ1) is 10.1. The number of hydrogen-bond donors (Lipinski definition) is 2. The monoisotopic (exact) mass is 364 g/mol. The van der Waals surface area contributed by atoms with Crippen molar-refractivity contribution < 1.29 is 4.74 Å². The number of ether oxygens (including phenoxy) is 1. The summed E-state index contributed by atoms with van der Waals surface area (Å²) in [5.41, 5.74) is 8.72. The molecule has 2 aromatic rings. The molecule has 0 spiro atoms. The lowest BCUT2D eigenvalue weighted by Crippen LogP contribution is -2.14. The van der Waals surface area contributed by atoms with Crippen LogP contribution in [0.2, 0.25) is 0 Å². The molecule has 3 N–H and O–H groups in total. The molecule has 0 aliphatic rings. The van der Waals surface area contributed by atoms with Gasteiger partial charge in [0, 0.05) is 22.3 Å². The summed E-state index contributed by atoms with van der Waals surface area (Å²) in [5.74, 6) is 0.907. The van der Waals surface area contributed by atoms with E-state index in [1.54, 1.807) is 7.11 Å². The van der Waals surface area contributed by atoms with Gasteiger partial charge in [-0.2, -0.15) is 0 Å². The number of para-hydroxylation sites is 1. The first kappa shape index (κ1) is 15.8. The molecule has 0 saturated carbocycles. The zero-order chi connectivity index (χ0) is 15.2. The predicted octanol–water partition coefficient (Wildman–Crippen LogP) is 3.75. The van der Waals surface area contributed by atoms with E-state index in [-0.39, 0.29) is 0 Å². The molecule has 0 aliphatic carbocycles. The molecule has 0 unspecified atom stereocenters. The molecule has 0 bridgehead atoms. The Morgan fingerprint density at radius 2 is 2.05 bits per heavy atom. The van der Waals surface area contributed by atoms with E-state index < -0.39 is 0 Å². The first-order valence-electron chi connectivity index (χ1n) is 6.57. The largest absolute Gasteiger partial charge is 0.496 e. The number of thiocarbonyl (C=S) groups is 1. The average Bonchev–Trinajstić information content (AvgIpc) is 2.49. The van der Waals surface area contributed by atoms with Crippen LogP contribution in [0.4, 0.5) is 5.69 Å². The molecule has 0 amide bonds. The minimum absolute atomic E-state index is 0.385. The van der Waals surface area contributed by atoms with E-state index in [1.807, 2.05) is 36.4 Å². The number of rotatable bonds is 6. The number of nitrogens with two attached hydrogens (primary N) is 1. The highest BCUT2D eigenvalue weighted by atomic mass is 79.9. The summed E-state index contributed by atoms with van der Waals surface area (Å²) in [6.07, 6.45) is 0.858. The van der Waals surface area contributed by atoms with Gasteiger partial charge < -0.3 is 15.8 Å². The van der Waals surface area contributed by atoms with Crippen LogP contribution in [0.3, 0.4) is 0 Å². The fourth-order valence-corrected chi connectivity index (χ4v) is 2.65. The second kappa shape index (κ2) is 7.43. The lowest BCUT2D eigenvalue weighted by atomic mass is 10.1. The first-order valence-corrected chi connectivity index (χ1v) is 7.77. The van der Waals surface area contributed by atoms with Gasteiger partial charge in [0.1, 0.15) is 10.7 Å². The van der Waals surface area contributed by atoms with Gasteiger partial charge in [-0.1, -0.05) is 46.3 Å². The SMILES string of the molecule is COc1ccccc1CCNc1ccc(Br)cc1C(N)=S. The maximum atomic E-state index is 5.76. The Bertz CT molecular complexity index is 646. The minimum atomic E-state index is 0.385. The summed E-state index contributed by atoms with van der Waals surface area (Å²) in [5, 5.41) is 3.38. The smallest absolute Gasteiger partial charge is 0.122 e. The summed E-state index contributed by atoms with van der Waals surface area (Å²) in [6, 6.07) is 13.9. The second-order valence-corrected chi connectivity index (χ2v) is 5.90. The maximum Gasteiger partial charge on any atom is 0.122 e. The van der Waals surface area contributed by atoms with Crippen molar-refractivity contribution in [3.05, 3.63) is 58.1 Å². The highest BCUT2D eigenvalue weighted by molar-refractivity contribution is 9.10. The maximum absolute atomic E-state index is 5.76. The third-order valence-corrected chi connectivity index (χ3v) is 3.86. The Kier molecular flexibility index (Phi) is 5.59. The van der Waals surface area contributed by atoms with E-state index in [9.17, 15) is 0 Å². The standard InChI is InChI=1S/C16H17BrN2OS/c1-20-15-5-3-2-4-11(15)8-9-19-14-7-6-12(17)10-13(14)16(18)21/h2-7,10,19H,8-9H2,1H3,(H2,18,21). The topological polar surface area (TPSA) is 47.3 Å². The van der Waals surface area contributed by atoms with Gasteiger partial charge in [-0.15, -0.1) is 0 Å². The van der Waals surface area contributed by atoms with Crippen LogP contribution in [0.5, 0.6) is 5.75 Å². The van der Waals surface area contributed by atoms with Crippen LogP contribution >= 0.6 is 28.1 Å². The Hall–Kier alpha value is -1.59. The number of nitrogens with one attached hydrogen (secondary N) is 1. The summed E-state index contributed by atoms with van der Waals surface area (Å²) >= 11 is 8.52. The lowest BCUT2D eigenvalue weighted by Gasteiger charge is -2.13. The van der Waals surface area contributed by atoms with E-state index >= 15 is 0 Å². The van der Waals surface area contributed by atoms with Crippen LogP contribution in [-0.4, -0.2) is 18.6 Å². The van der Waals surface area contributed by atoms with Crippen LogP contribution in [-0.2, 0) is 6.42 Å². The van der Waals surface area contributed by atoms with E-state index in [1.165, 1.54) is 5.56 Å². The summed E-state index contributed by atoms with van der Waals surface area (Å²) < 4.78 is 6.31. The summed E-state index contributed by atoms with van der Waals surface area (Å²) in [4.78, 5) is 0.385. The minimum Gasteiger partial charge on any atom is -0.496 e. The fraction of sp³-hybridized carbons (Fsp3) is 0.188. The van der Waals surface area contributed by atoms with Crippen LogP contribution < -0.4 is 15.8 Å². The quantitative estimate of drug-likeness (QED) is 0.766. The van der Waals surface area contributed by atoms with Crippen molar-refractivity contribution in [2.24, 2.45) is 5.73 Å².